The van der Waals surface area contributed by atoms with Crippen LogP contribution in [0.2, 0.25) is 0 Å². The summed E-state index contributed by atoms with van der Waals surface area (Å²) in [5.74, 6) is -1.28. The van der Waals surface area contributed by atoms with E-state index < -0.39 is 12.1 Å². The van der Waals surface area contributed by atoms with Crippen molar-refractivity contribution in [2.75, 3.05) is 18.6 Å². The van der Waals surface area contributed by atoms with Crippen LogP contribution in [0.25, 0.3) is 0 Å². The lowest BCUT2D eigenvalue weighted by Crippen LogP contribution is -2.36. The quantitative estimate of drug-likeness (QED) is 0.895. The molecule has 1 unspecified atom stereocenters. The van der Waals surface area contributed by atoms with Crippen LogP contribution in [0, 0.1) is 6.92 Å². The highest BCUT2D eigenvalue weighted by atomic mass is 32.1. The molecule has 18 heavy (non-hydrogen) atoms. The fraction of sp³-hybridized carbons (Fsp3) is 0.545. The van der Waals surface area contributed by atoms with E-state index in [9.17, 15) is 9.59 Å². The molecule has 2 heterocycles. The molecule has 1 aromatic heterocycles. The van der Waals surface area contributed by atoms with E-state index in [0.29, 0.717) is 23.7 Å². The van der Waals surface area contributed by atoms with Crippen LogP contribution < -0.4 is 4.90 Å². The molecule has 6 nitrogen and oxygen atoms in total. The second kappa shape index (κ2) is 5.03. The van der Waals surface area contributed by atoms with Gasteiger partial charge in [0.25, 0.3) is 5.91 Å². The lowest BCUT2D eigenvalue weighted by atomic mass is 10.2. The topological polar surface area (TPSA) is 79.7 Å². The number of amides is 1. The summed E-state index contributed by atoms with van der Waals surface area (Å²) in [4.78, 5) is 24.6. The second-order valence-electron chi connectivity index (χ2n) is 4.15. The standard InChI is InChI=1S/C11H14N2O4S/c1-6-8(11(15)16)10(18-12-6)13(2)9(14)7-4-3-5-17-7/h7H,3-5H2,1-2H3,(H,15,16). The molecule has 1 N–H and O–H groups in total. The SMILES string of the molecule is Cc1nsc(N(C)C(=O)C2CCCO2)c1C(=O)O. The van der Waals surface area contributed by atoms with Crippen molar-refractivity contribution in [2.24, 2.45) is 0 Å². The summed E-state index contributed by atoms with van der Waals surface area (Å²) in [6.45, 7) is 2.20. The summed E-state index contributed by atoms with van der Waals surface area (Å²) in [7, 11) is 1.56. The molecular weight excluding hydrogens is 256 g/mol. The Balaban J connectivity index is 2.25. The van der Waals surface area contributed by atoms with E-state index in [1.54, 1.807) is 14.0 Å². The number of rotatable bonds is 3. The average molecular weight is 270 g/mol. The highest BCUT2D eigenvalue weighted by Crippen LogP contribution is 2.29. The van der Waals surface area contributed by atoms with Gasteiger partial charge in [0.1, 0.15) is 16.7 Å². The lowest BCUT2D eigenvalue weighted by molar-refractivity contribution is -0.126. The zero-order chi connectivity index (χ0) is 13.3. The molecule has 1 saturated heterocycles. The smallest absolute Gasteiger partial charge is 0.340 e. The number of aryl methyl sites for hydroxylation is 1. The van der Waals surface area contributed by atoms with Crippen LogP contribution in [0.5, 0.6) is 0 Å². The Morgan fingerprint density at radius 1 is 1.56 bits per heavy atom. The van der Waals surface area contributed by atoms with Crippen LogP contribution in [0.15, 0.2) is 0 Å². The summed E-state index contributed by atoms with van der Waals surface area (Å²) in [6.07, 6.45) is 1.08. The molecule has 1 aromatic rings. The van der Waals surface area contributed by atoms with Crippen molar-refractivity contribution in [3.05, 3.63) is 11.3 Å². The number of carboxylic acid groups (broad SMARTS) is 1. The molecule has 1 atom stereocenters. The van der Waals surface area contributed by atoms with Gasteiger partial charge in [0.2, 0.25) is 0 Å². The number of hydrogen-bond acceptors (Lipinski definition) is 5. The summed E-state index contributed by atoms with van der Waals surface area (Å²) >= 11 is 1.02. The van der Waals surface area contributed by atoms with E-state index in [1.165, 1.54) is 4.90 Å². The Morgan fingerprint density at radius 3 is 2.83 bits per heavy atom. The Morgan fingerprint density at radius 2 is 2.28 bits per heavy atom. The molecule has 0 aliphatic carbocycles. The molecular formula is C11H14N2O4S. The molecule has 0 spiro atoms. The molecule has 2 rings (SSSR count). The first-order chi connectivity index (χ1) is 8.52. The van der Waals surface area contributed by atoms with Crippen LogP contribution in [0.4, 0.5) is 5.00 Å². The van der Waals surface area contributed by atoms with Gasteiger partial charge in [-0.15, -0.1) is 0 Å². The fourth-order valence-corrected chi connectivity index (χ4v) is 2.77. The van der Waals surface area contributed by atoms with Crippen molar-refractivity contribution in [3.8, 4) is 0 Å². The third-order valence-electron chi connectivity index (χ3n) is 2.90. The minimum atomic E-state index is -1.07. The number of nitrogens with zero attached hydrogens (tertiary/aromatic N) is 2. The van der Waals surface area contributed by atoms with Gasteiger partial charge in [-0.1, -0.05) is 0 Å². The zero-order valence-electron chi connectivity index (χ0n) is 10.2. The summed E-state index contributed by atoms with van der Waals surface area (Å²) in [6, 6.07) is 0. The van der Waals surface area contributed by atoms with Gasteiger partial charge in [-0.05, 0) is 31.3 Å². The Bertz CT molecular complexity index is 479. The van der Waals surface area contributed by atoms with Crippen molar-refractivity contribution >= 4 is 28.4 Å². The molecule has 0 radical (unpaired) electrons. The zero-order valence-corrected chi connectivity index (χ0v) is 11.0. The van der Waals surface area contributed by atoms with Gasteiger partial charge >= 0.3 is 5.97 Å². The summed E-state index contributed by atoms with van der Waals surface area (Å²) < 4.78 is 9.30. The van der Waals surface area contributed by atoms with Crippen molar-refractivity contribution in [3.63, 3.8) is 0 Å². The van der Waals surface area contributed by atoms with Crippen LogP contribution in [-0.4, -0.2) is 41.1 Å². The van der Waals surface area contributed by atoms with Crippen molar-refractivity contribution in [1.29, 1.82) is 0 Å². The number of aromatic nitrogens is 1. The molecule has 1 fully saturated rings. The number of hydrogen-bond donors (Lipinski definition) is 1. The van der Waals surface area contributed by atoms with Gasteiger partial charge < -0.3 is 14.7 Å². The number of ether oxygens (including phenoxy) is 1. The highest BCUT2D eigenvalue weighted by molar-refractivity contribution is 7.11. The van der Waals surface area contributed by atoms with Gasteiger partial charge in [-0.25, -0.2) is 4.79 Å². The lowest BCUT2D eigenvalue weighted by Gasteiger charge is -2.19. The van der Waals surface area contributed by atoms with Crippen molar-refractivity contribution < 1.29 is 19.4 Å². The molecule has 1 aliphatic rings. The minimum Gasteiger partial charge on any atom is -0.478 e. The van der Waals surface area contributed by atoms with Gasteiger partial charge in [-0.2, -0.15) is 4.37 Å². The number of carbonyl (C=O) groups is 2. The Labute approximate surface area is 108 Å². The molecule has 98 valence electrons. The number of anilines is 1. The van der Waals surface area contributed by atoms with E-state index in [0.717, 1.165) is 18.0 Å². The van der Waals surface area contributed by atoms with Gasteiger partial charge in [-0.3, -0.25) is 4.79 Å². The fourth-order valence-electron chi connectivity index (χ4n) is 1.92. The summed E-state index contributed by atoms with van der Waals surface area (Å²) in [5, 5.41) is 9.49. The first kappa shape index (κ1) is 13.0. The Hall–Kier alpha value is -1.47. The van der Waals surface area contributed by atoms with Crippen LogP contribution >= 0.6 is 11.5 Å². The van der Waals surface area contributed by atoms with Crippen LogP contribution in [0.3, 0.4) is 0 Å². The molecule has 0 saturated carbocycles. The molecule has 1 aliphatic heterocycles. The van der Waals surface area contributed by atoms with Crippen molar-refractivity contribution in [1.82, 2.24) is 4.37 Å². The van der Waals surface area contributed by atoms with Gasteiger partial charge in [0, 0.05) is 13.7 Å². The molecule has 1 amide bonds. The highest BCUT2D eigenvalue weighted by Gasteiger charge is 2.30. The number of aromatic carboxylic acids is 1. The minimum absolute atomic E-state index is 0.0915. The molecule has 0 aromatic carbocycles. The number of carbonyl (C=O) groups excluding carboxylic acids is 1. The maximum absolute atomic E-state index is 12.1. The van der Waals surface area contributed by atoms with E-state index in [1.807, 2.05) is 0 Å². The predicted molar refractivity (Wildman–Crippen MR) is 66.2 cm³/mol. The average Bonchev–Trinajstić information content (AvgIpc) is 2.95. The van der Waals surface area contributed by atoms with Gasteiger partial charge in [0.15, 0.2) is 0 Å². The number of likely N-dealkylation sites (N-methyl/N-ethyl adjacent to an activating group) is 1. The predicted octanol–water partition coefficient (Wildman–Crippen LogP) is 1.29. The maximum atomic E-state index is 12.1. The van der Waals surface area contributed by atoms with Crippen molar-refractivity contribution in [2.45, 2.75) is 25.9 Å². The summed E-state index contributed by atoms with van der Waals surface area (Å²) in [5.41, 5.74) is 0.517. The largest absolute Gasteiger partial charge is 0.478 e. The van der Waals surface area contributed by atoms with E-state index in [2.05, 4.69) is 4.37 Å². The molecule has 0 bridgehead atoms. The van der Waals surface area contributed by atoms with Gasteiger partial charge in [0.05, 0.1) is 5.69 Å². The van der Waals surface area contributed by atoms with E-state index >= 15 is 0 Å². The van der Waals surface area contributed by atoms with Crippen LogP contribution in [-0.2, 0) is 9.53 Å². The monoisotopic (exact) mass is 270 g/mol. The first-order valence-electron chi connectivity index (χ1n) is 5.61. The third kappa shape index (κ3) is 2.23. The van der Waals surface area contributed by atoms with E-state index in [4.69, 9.17) is 9.84 Å². The Kier molecular flexibility index (Phi) is 3.63. The molecule has 7 heteroatoms. The first-order valence-corrected chi connectivity index (χ1v) is 6.38. The third-order valence-corrected chi connectivity index (χ3v) is 3.91. The second-order valence-corrected chi connectivity index (χ2v) is 4.90. The maximum Gasteiger partial charge on any atom is 0.340 e. The normalized spacial score (nSPS) is 18.9. The number of carboxylic acids is 1. The van der Waals surface area contributed by atoms with Crippen LogP contribution in [0.1, 0.15) is 28.9 Å². The van der Waals surface area contributed by atoms with E-state index in [-0.39, 0.29) is 11.5 Å².